The summed E-state index contributed by atoms with van der Waals surface area (Å²) in [5, 5.41) is 113. The second kappa shape index (κ2) is 31.2. The lowest BCUT2D eigenvalue weighted by Crippen LogP contribution is -2.53. The Labute approximate surface area is 383 Å². The third-order valence-electron chi connectivity index (χ3n) is 10.9. The van der Waals surface area contributed by atoms with Gasteiger partial charge in [-0.1, -0.05) is 48.5 Å². The van der Waals surface area contributed by atoms with Gasteiger partial charge in [0.1, 0.15) is 49.3 Å². The number of hydrogen-bond acceptors (Lipinski definition) is 19. The zero-order chi connectivity index (χ0) is 48.4. The topological polar surface area (TPSA) is 347 Å². The molecule has 0 radical (unpaired) electrons. The van der Waals surface area contributed by atoms with Crippen molar-refractivity contribution >= 4 is 18.0 Å². The number of carboxylic acid groups (broad SMARTS) is 1. The van der Waals surface area contributed by atoms with E-state index in [9.17, 15) is 60.3 Å². The standard InChI is InChI=1S/C44H69N3O19/c48-25-36(52)41(57)39(55)34(50)23-47(24-35(51)40(56)42(58)37(53)26-49)14-16-63-18-20-65-22-21-64-19-17-62-15-12-38(54)45-13-6-5-11-33(43(59)60)46-44(61)66-27-32-30-9-3-1-7-28(30)29-8-2-4-10-31(29)32/h1-4,7-10,32-37,39-42,48-53,55-58H,5-6,11-27H2,(H,45,54)(H,46,61)(H,59,60)/t33-,34-,35-,36+,37+,39+,40+,41+,42+/m0/s1. The Morgan fingerprint density at radius 3 is 1.55 bits per heavy atom. The molecule has 1 aliphatic rings. The molecule has 0 spiro atoms. The van der Waals surface area contributed by atoms with E-state index in [4.69, 9.17) is 33.9 Å². The van der Waals surface area contributed by atoms with Crippen LogP contribution in [0.25, 0.3) is 11.1 Å². The highest BCUT2D eigenvalue weighted by molar-refractivity contribution is 5.81. The Kier molecular flexibility index (Phi) is 26.6. The summed E-state index contributed by atoms with van der Waals surface area (Å²) in [5.41, 5.74) is 4.26. The summed E-state index contributed by atoms with van der Waals surface area (Å²) < 4.78 is 27.3. The van der Waals surface area contributed by atoms with Crippen molar-refractivity contribution in [1.82, 2.24) is 15.5 Å². The first-order valence-electron chi connectivity index (χ1n) is 22.0. The lowest BCUT2D eigenvalue weighted by Gasteiger charge is -2.33. The average Bonchev–Trinajstić information content (AvgIpc) is 3.64. The molecular weight excluding hydrogens is 874 g/mol. The van der Waals surface area contributed by atoms with Gasteiger partial charge in [0.15, 0.2) is 0 Å². The molecule has 0 fully saturated rings. The van der Waals surface area contributed by atoms with Crippen LogP contribution in [-0.4, -0.2) is 233 Å². The number of aliphatic carboxylic acids is 1. The SMILES string of the molecule is O=C(CCOCCOCCOCCOCCN(C[C@H](O)[C@@H](O)[C@H](O)[C@H](O)CO)C[C@H](O)[C@@H](O)[C@H](O)[C@H](O)CO)NCCCC[C@H](NC(=O)OCC1c2ccccc2-c2ccccc21)C(=O)O. The number of carbonyl (C=O) groups is 3. The minimum Gasteiger partial charge on any atom is -0.480 e. The molecule has 66 heavy (non-hydrogen) atoms. The number of alkyl carbamates (subject to hydrolysis) is 1. The second-order valence-corrected chi connectivity index (χ2v) is 15.8. The van der Waals surface area contributed by atoms with Gasteiger partial charge in [0.25, 0.3) is 0 Å². The maximum Gasteiger partial charge on any atom is 0.407 e. The summed E-state index contributed by atoms with van der Waals surface area (Å²) in [6.45, 7) is -0.786. The van der Waals surface area contributed by atoms with Gasteiger partial charge in [-0.15, -0.1) is 0 Å². The molecule has 0 saturated heterocycles. The van der Waals surface area contributed by atoms with Crippen LogP contribution in [-0.2, 0) is 33.3 Å². The van der Waals surface area contributed by atoms with Crippen molar-refractivity contribution in [2.45, 2.75) is 86.5 Å². The first kappa shape index (κ1) is 56.4. The fourth-order valence-electron chi connectivity index (χ4n) is 7.08. The second-order valence-electron chi connectivity index (χ2n) is 15.8. The van der Waals surface area contributed by atoms with Crippen molar-refractivity contribution < 1.29 is 94.2 Å². The highest BCUT2D eigenvalue weighted by Gasteiger charge is 2.35. The zero-order valence-electron chi connectivity index (χ0n) is 37.0. The molecule has 2 amide bonds. The summed E-state index contributed by atoms with van der Waals surface area (Å²) in [5.74, 6) is -1.57. The van der Waals surface area contributed by atoms with Crippen LogP contribution in [0, 0.1) is 0 Å². The number of hydrogen-bond donors (Lipinski definition) is 13. The molecule has 0 bridgehead atoms. The van der Waals surface area contributed by atoms with Crippen LogP contribution in [0.5, 0.6) is 0 Å². The molecule has 0 heterocycles. The third kappa shape index (κ3) is 19.3. The van der Waals surface area contributed by atoms with Crippen LogP contribution in [0.3, 0.4) is 0 Å². The summed E-state index contributed by atoms with van der Waals surface area (Å²) in [6, 6.07) is 14.7. The maximum absolute atomic E-state index is 12.6. The molecule has 374 valence electrons. The number of aliphatic hydroxyl groups is 10. The van der Waals surface area contributed by atoms with E-state index in [0.29, 0.717) is 19.4 Å². The first-order valence-corrected chi connectivity index (χ1v) is 22.0. The van der Waals surface area contributed by atoms with Gasteiger partial charge in [-0.3, -0.25) is 9.69 Å². The normalized spacial score (nSPS) is 16.6. The highest BCUT2D eigenvalue weighted by Crippen LogP contribution is 2.44. The molecule has 0 aliphatic heterocycles. The van der Waals surface area contributed by atoms with Gasteiger partial charge in [-0.2, -0.15) is 0 Å². The van der Waals surface area contributed by atoms with E-state index in [2.05, 4.69) is 10.6 Å². The molecule has 9 atom stereocenters. The predicted molar refractivity (Wildman–Crippen MR) is 233 cm³/mol. The minimum absolute atomic E-state index is 0.00234. The Morgan fingerprint density at radius 1 is 0.606 bits per heavy atom. The lowest BCUT2D eigenvalue weighted by atomic mass is 9.98. The van der Waals surface area contributed by atoms with Crippen molar-refractivity contribution in [3.8, 4) is 11.1 Å². The van der Waals surface area contributed by atoms with E-state index >= 15 is 0 Å². The third-order valence-corrected chi connectivity index (χ3v) is 10.9. The number of aliphatic hydroxyl groups excluding tert-OH is 10. The van der Waals surface area contributed by atoms with Crippen LogP contribution >= 0.6 is 0 Å². The number of amides is 2. The fraction of sp³-hybridized carbons (Fsp3) is 0.659. The van der Waals surface area contributed by atoms with Crippen LogP contribution in [0.4, 0.5) is 4.79 Å². The smallest absolute Gasteiger partial charge is 0.407 e. The molecule has 0 aromatic heterocycles. The van der Waals surface area contributed by atoms with Gasteiger partial charge >= 0.3 is 12.1 Å². The Hall–Kier alpha value is -3.95. The molecule has 22 heteroatoms. The van der Waals surface area contributed by atoms with Gasteiger partial charge < -0.3 is 90.5 Å². The van der Waals surface area contributed by atoms with Crippen LogP contribution in [0.2, 0.25) is 0 Å². The number of rotatable bonds is 36. The Bertz CT molecular complexity index is 1620. The summed E-state index contributed by atoms with van der Waals surface area (Å²) in [6.07, 6.45) is -14.1. The van der Waals surface area contributed by atoms with E-state index in [0.717, 1.165) is 22.3 Å². The van der Waals surface area contributed by atoms with Crippen molar-refractivity contribution in [3.63, 3.8) is 0 Å². The summed E-state index contributed by atoms with van der Waals surface area (Å²) in [4.78, 5) is 37.9. The van der Waals surface area contributed by atoms with Crippen LogP contribution in [0.15, 0.2) is 48.5 Å². The Morgan fingerprint density at radius 2 is 1.06 bits per heavy atom. The van der Waals surface area contributed by atoms with Crippen molar-refractivity contribution in [1.29, 1.82) is 0 Å². The van der Waals surface area contributed by atoms with Gasteiger partial charge in [0, 0.05) is 38.5 Å². The maximum atomic E-state index is 12.6. The molecule has 2 aromatic rings. The number of ether oxygens (including phenoxy) is 5. The molecular formula is C44H69N3O19. The number of fused-ring (bicyclic) bond motifs is 3. The number of unbranched alkanes of at least 4 members (excludes halogenated alkanes) is 1. The quantitative estimate of drug-likeness (QED) is 0.0301. The van der Waals surface area contributed by atoms with Crippen molar-refractivity contribution in [2.75, 3.05) is 98.9 Å². The Balaban J connectivity index is 1.19. The van der Waals surface area contributed by atoms with Gasteiger partial charge in [-0.05, 0) is 41.5 Å². The van der Waals surface area contributed by atoms with Gasteiger partial charge in [0.05, 0.1) is 78.3 Å². The minimum atomic E-state index is -1.90. The number of benzene rings is 2. The predicted octanol–water partition coefficient (Wildman–Crippen LogP) is -3.10. The largest absolute Gasteiger partial charge is 0.480 e. The fourth-order valence-corrected chi connectivity index (χ4v) is 7.08. The number of carbonyl (C=O) groups excluding carboxylic acids is 2. The molecule has 2 aromatic carbocycles. The van der Waals surface area contributed by atoms with Crippen LogP contribution in [0.1, 0.15) is 42.7 Å². The molecule has 0 saturated carbocycles. The first-order chi connectivity index (χ1) is 31.7. The number of nitrogens with zero attached hydrogens (tertiary/aromatic N) is 1. The lowest BCUT2D eigenvalue weighted by molar-refractivity contribution is -0.139. The van der Waals surface area contributed by atoms with Gasteiger partial charge in [0.2, 0.25) is 5.91 Å². The van der Waals surface area contributed by atoms with Gasteiger partial charge in [-0.25, -0.2) is 9.59 Å². The monoisotopic (exact) mass is 943 g/mol. The number of carboxylic acids is 1. The highest BCUT2D eigenvalue weighted by atomic mass is 16.6. The number of nitrogens with one attached hydrogen (secondary N) is 2. The summed E-state index contributed by atoms with van der Waals surface area (Å²) >= 11 is 0. The van der Waals surface area contributed by atoms with Crippen LogP contribution < -0.4 is 10.6 Å². The molecule has 3 rings (SSSR count). The molecule has 1 aliphatic carbocycles. The van der Waals surface area contributed by atoms with E-state index in [-0.39, 0.29) is 90.7 Å². The van der Waals surface area contributed by atoms with Crippen molar-refractivity contribution in [3.05, 3.63) is 59.7 Å². The van der Waals surface area contributed by atoms with Crippen molar-refractivity contribution in [2.24, 2.45) is 0 Å². The average molecular weight is 944 g/mol. The molecule has 22 nitrogen and oxygen atoms in total. The summed E-state index contributed by atoms with van der Waals surface area (Å²) in [7, 11) is 0. The van der Waals surface area contributed by atoms with E-state index in [1.54, 1.807) is 0 Å². The van der Waals surface area contributed by atoms with E-state index < -0.39 is 93.2 Å². The van der Waals surface area contributed by atoms with E-state index in [1.807, 2.05) is 48.5 Å². The zero-order valence-corrected chi connectivity index (χ0v) is 37.0. The van der Waals surface area contributed by atoms with E-state index in [1.165, 1.54) is 4.90 Å². The molecule has 13 N–H and O–H groups in total. The molecule has 0 unspecified atom stereocenters.